The van der Waals surface area contributed by atoms with Crippen molar-refractivity contribution in [3.8, 4) is 17.2 Å². The van der Waals surface area contributed by atoms with Gasteiger partial charge in [0, 0.05) is 5.56 Å². The quantitative estimate of drug-likeness (QED) is 0.600. The van der Waals surface area contributed by atoms with Gasteiger partial charge in [-0.05, 0) is 42.0 Å². The molecular formula is C18H16O6. The summed E-state index contributed by atoms with van der Waals surface area (Å²) in [5.41, 5.74) is 1.06. The lowest BCUT2D eigenvalue weighted by Gasteiger charge is -2.09. The number of methoxy groups -OCH3 is 1. The van der Waals surface area contributed by atoms with E-state index < -0.39 is 12.6 Å². The van der Waals surface area contributed by atoms with Crippen LogP contribution in [0.4, 0.5) is 0 Å². The summed E-state index contributed by atoms with van der Waals surface area (Å²) < 4.78 is 10.2. The molecule has 0 spiro atoms. The van der Waals surface area contributed by atoms with Crippen molar-refractivity contribution in [1.82, 2.24) is 0 Å². The SMILES string of the molecule is COc1cc(C(=O)/C=C/c2cccc(O)c2)ccc1OCC(=O)O. The number of phenols is 1. The highest BCUT2D eigenvalue weighted by Crippen LogP contribution is 2.28. The molecule has 0 saturated carbocycles. The number of hydrogen-bond donors (Lipinski definition) is 2. The van der Waals surface area contributed by atoms with Crippen molar-refractivity contribution in [2.45, 2.75) is 0 Å². The molecule has 0 heterocycles. The molecule has 0 bridgehead atoms. The molecule has 2 aromatic rings. The van der Waals surface area contributed by atoms with Gasteiger partial charge in [0.05, 0.1) is 7.11 Å². The molecule has 0 unspecified atom stereocenters. The lowest BCUT2D eigenvalue weighted by Crippen LogP contribution is -2.10. The zero-order valence-corrected chi connectivity index (χ0v) is 12.9. The van der Waals surface area contributed by atoms with Crippen LogP contribution in [0.1, 0.15) is 15.9 Å². The minimum atomic E-state index is -1.11. The second-order valence-electron chi connectivity index (χ2n) is 4.84. The number of allylic oxidation sites excluding steroid dienone is 1. The third kappa shape index (κ3) is 4.61. The highest BCUT2D eigenvalue weighted by Gasteiger charge is 2.10. The van der Waals surface area contributed by atoms with Crippen molar-refractivity contribution in [3.05, 3.63) is 59.7 Å². The van der Waals surface area contributed by atoms with Gasteiger partial charge in [0.15, 0.2) is 23.9 Å². The fraction of sp³-hybridized carbons (Fsp3) is 0.111. The summed E-state index contributed by atoms with van der Waals surface area (Å²) in [6.45, 7) is -0.499. The first-order valence-electron chi connectivity index (χ1n) is 7.03. The summed E-state index contributed by atoms with van der Waals surface area (Å²) in [6.07, 6.45) is 2.96. The lowest BCUT2D eigenvalue weighted by molar-refractivity contribution is -0.139. The first-order valence-corrected chi connectivity index (χ1v) is 7.03. The minimum Gasteiger partial charge on any atom is -0.508 e. The summed E-state index contributed by atoms with van der Waals surface area (Å²) in [5.74, 6) is -0.736. The fourth-order valence-corrected chi connectivity index (χ4v) is 1.98. The maximum absolute atomic E-state index is 12.2. The fourth-order valence-electron chi connectivity index (χ4n) is 1.98. The molecule has 0 atom stereocenters. The van der Waals surface area contributed by atoms with E-state index in [1.165, 1.54) is 37.5 Å². The molecule has 0 radical (unpaired) electrons. The number of ketones is 1. The Hall–Kier alpha value is -3.28. The van der Waals surface area contributed by atoms with Crippen molar-refractivity contribution >= 4 is 17.8 Å². The molecule has 6 nitrogen and oxygen atoms in total. The topological polar surface area (TPSA) is 93.1 Å². The van der Waals surface area contributed by atoms with Gasteiger partial charge in [0.25, 0.3) is 0 Å². The molecule has 2 N–H and O–H groups in total. The Bertz CT molecular complexity index is 779. The van der Waals surface area contributed by atoms with Crippen LogP contribution in [0.3, 0.4) is 0 Å². The summed E-state index contributed by atoms with van der Waals surface area (Å²) >= 11 is 0. The second kappa shape index (κ2) is 7.82. The molecule has 0 amide bonds. The first-order chi connectivity index (χ1) is 11.5. The van der Waals surface area contributed by atoms with Crippen molar-refractivity contribution in [2.24, 2.45) is 0 Å². The Morgan fingerprint density at radius 2 is 1.92 bits per heavy atom. The number of phenolic OH excluding ortho intramolecular Hbond substituents is 1. The lowest BCUT2D eigenvalue weighted by atomic mass is 10.1. The molecule has 0 aliphatic rings. The predicted molar refractivity (Wildman–Crippen MR) is 87.6 cm³/mol. The van der Waals surface area contributed by atoms with Gasteiger partial charge in [-0.1, -0.05) is 18.2 Å². The van der Waals surface area contributed by atoms with Gasteiger partial charge in [0.2, 0.25) is 0 Å². The normalized spacial score (nSPS) is 10.5. The molecule has 2 rings (SSSR count). The molecule has 6 heteroatoms. The van der Waals surface area contributed by atoms with E-state index in [-0.39, 0.29) is 23.0 Å². The number of rotatable bonds is 7. The number of aromatic hydroxyl groups is 1. The minimum absolute atomic E-state index is 0.117. The van der Waals surface area contributed by atoms with Crippen LogP contribution < -0.4 is 9.47 Å². The van der Waals surface area contributed by atoms with Gasteiger partial charge in [-0.15, -0.1) is 0 Å². The van der Waals surface area contributed by atoms with E-state index in [4.69, 9.17) is 14.6 Å². The monoisotopic (exact) mass is 328 g/mol. The van der Waals surface area contributed by atoms with E-state index in [0.29, 0.717) is 11.1 Å². The molecule has 0 saturated heterocycles. The number of carbonyl (C=O) groups is 2. The van der Waals surface area contributed by atoms with Crippen LogP contribution >= 0.6 is 0 Å². The van der Waals surface area contributed by atoms with E-state index >= 15 is 0 Å². The van der Waals surface area contributed by atoms with Crippen LogP contribution in [0, 0.1) is 0 Å². The highest BCUT2D eigenvalue weighted by molar-refractivity contribution is 6.07. The van der Waals surface area contributed by atoms with Gasteiger partial charge in [-0.25, -0.2) is 4.79 Å². The van der Waals surface area contributed by atoms with E-state index in [1.807, 2.05) is 0 Å². The van der Waals surface area contributed by atoms with Crippen LogP contribution in [0.5, 0.6) is 17.2 Å². The molecule has 2 aromatic carbocycles. The number of benzene rings is 2. The maximum Gasteiger partial charge on any atom is 0.341 e. The Kier molecular flexibility index (Phi) is 5.57. The van der Waals surface area contributed by atoms with E-state index in [0.717, 1.165) is 0 Å². The van der Waals surface area contributed by atoms with Crippen LogP contribution in [-0.4, -0.2) is 35.7 Å². The van der Waals surface area contributed by atoms with Crippen molar-refractivity contribution in [3.63, 3.8) is 0 Å². The molecular weight excluding hydrogens is 312 g/mol. The molecule has 0 fully saturated rings. The Labute approximate surface area is 138 Å². The Balaban J connectivity index is 2.16. The summed E-state index contributed by atoms with van der Waals surface area (Å²) in [4.78, 5) is 22.8. The van der Waals surface area contributed by atoms with Gasteiger partial charge >= 0.3 is 5.97 Å². The van der Waals surface area contributed by atoms with Crippen molar-refractivity contribution in [1.29, 1.82) is 0 Å². The first kappa shape index (κ1) is 17.1. The van der Waals surface area contributed by atoms with Crippen LogP contribution in [0.25, 0.3) is 6.08 Å². The van der Waals surface area contributed by atoms with Crippen molar-refractivity contribution in [2.75, 3.05) is 13.7 Å². The molecule has 24 heavy (non-hydrogen) atoms. The summed E-state index contributed by atoms with van der Waals surface area (Å²) in [7, 11) is 1.40. The van der Waals surface area contributed by atoms with Crippen molar-refractivity contribution < 1.29 is 29.3 Å². The van der Waals surface area contributed by atoms with E-state index in [9.17, 15) is 14.7 Å². The number of ether oxygens (including phenoxy) is 2. The standard InChI is InChI=1S/C18H16O6/c1-23-17-10-13(6-8-16(17)24-11-18(21)22)15(20)7-5-12-3-2-4-14(19)9-12/h2-10,19H,11H2,1H3,(H,21,22)/b7-5+. The second-order valence-corrected chi connectivity index (χ2v) is 4.84. The van der Waals surface area contributed by atoms with E-state index in [1.54, 1.807) is 24.3 Å². The van der Waals surface area contributed by atoms with Crippen LogP contribution in [0.15, 0.2) is 48.5 Å². The highest BCUT2D eigenvalue weighted by atomic mass is 16.5. The van der Waals surface area contributed by atoms with Crippen LogP contribution in [-0.2, 0) is 4.79 Å². The zero-order chi connectivity index (χ0) is 17.5. The average Bonchev–Trinajstić information content (AvgIpc) is 2.57. The molecule has 0 aliphatic carbocycles. The number of carboxylic acids is 1. The summed E-state index contributed by atoms with van der Waals surface area (Å²) in [5, 5.41) is 18.0. The number of aliphatic carboxylic acids is 1. The molecule has 124 valence electrons. The smallest absolute Gasteiger partial charge is 0.341 e. The number of carboxylic acid groups (broad SMARTS) is 1. The zero-order valence-electron chi connectivity index (χ0n) is 12.9. The number of hydrogen-bond acceptors (Lipinski definition) is 5. The van der Waals surface area contributed by atoms with Crippen LogP contribution in [0.2, 0.25) is 0 Å². The number of carbonyl (C=O) groups excluding carboxylic acids is 1. The molecule has 0 aliphatic heterocycles. The molecule has 0 aromatic heterocycles. The predicted octanol–water partition coefficient (Wildman–Crippen LogP) is 2.76. The van der Waals surface area contributed by atoms with Gasteiger partial charge in [0.1, 0.15) is 5.75 Å². The maximum atomic E-state index is 12.2. The van der Waals surface area contributed by atoms with E-state index in [2.05, 4.69) is 0 Å². The Morgan fingerprint density at radius 1 is 1.12 bits per heavy atom. The summed E-state index contributed by atoms with van der Waals surface area (Å²) in [6, 6.07) is 11.0. The average molecular weight is 328 g/mol. The van der Waals surface area contributed by atoms with Gasteiger partial charge < -0.3 is 19.7 Å². The third-order valence-electron chi connectivity index (χ3n) is 3.10. The Morgan fingerprint density at radius 3 is 2.58 bits per heavy atom. The third-order valence-corrected chi connectivity index (χ3v) is 3.10. The van der Waals surface area contributed by atoms with Gasteiger partial charge in [-0.3, -0.25) is 4.79 Å². The van der Waals surface area contributed by atoms with Gasteiger partial charge in [-0.2, -0.15) is 0 Å². The largest absolute Gasteiger partial charge is 0.508 e.